The van der Waals surface area contributed by atoms with Crippen LogP contribution in [0.5, 0.6) is 0 Å². The number of carbonyl (C=O) groups is 1. The van der Waals surface area contributed by atoms with Crippen molar-refractivity contribution in [1.82, 2.24) is 0 Å². The summed E-state index contributed by atoms with van der Waals surface area (Å²) in [4.78, 5) is 11.2. The van der Waals surface area contributed by atoms with Crippen LogP contribution >= 0.6 is 0 Å². The van der Waals surface area contributed by atoms with Gasteiger partial charge < -0.3 is 5.11 Å². The molecule has 0 aliphatic carbocycles. The monoisotopic (exact) mass is 234 g/mol. The lowest BCUT2D eigenvalue weighted by atomic mass is 9.82. The van der Waals surface area contributed by atoms with Gasteiger partial charge in [0.25, 0.3) is 0 Å². The van der Waals surface area contributed by atoms with E-state index >= 15 is 0 Å². The van der Waals surface area contributed by atoms with Gasteiger partial charge in [0, 0.05) is 0 Å². The number of hydrogen-bond donors (Lipinski definition) is 1. The van der Waals surface area contributed by atoms with E-state index in [-0.39, 0.29) is 5.41 Å². The minimum Gasteiger partial charge on any atom is -0.478 e. The first-order valence-electron chi connectivity index (χ1n) is 5.96. The molecule has 17 heavy (non-hydrogen) atoms. The Morgan fingerprint density at radius 2 is 1.71 bits per heavy atom. The zero-order valence-electron chi connectivity index (χ0n) is 11.6. The van der Waals surface area contributed by atoms with Crippen LogP contribution in [0.25, 0.3) is 0 Å². The predicted octanol–water partition coefficient (Wildman–Crippen LogP) is 3.90. The maximum atomic E-state index is 11.2. The summed E-state index contributed by atoms with van der Waals surface area (Å²) in [5, 5.41) is 9.20. The number of carboxylic acids is 1. The van der Waals surface area contributed by atoms with E-state index in [1.54, 1.807) is 6.07 Å². The van der Waals surface area contributed by atoms with Gasteiger partial charge in [-0.3, -0.25) is 0 Å². The quantitative estimate of drug-likeness (QED) is 0.842. The fourth-order valence-electron chi connectivity index (χ4n) is 2.13. The Hall–Kier alpha value is -1.31. The van der Waals surface area contributed by atoms with Gasteiger partial charge in [-0.2, -0.15) is 0 Å². The van der Waals surface area contributed by atoms with Crippen molar-refractivity contribution in [3.8, 4) is 0 Å². The average molecular weight is 234 g/mol. The zero-order chi connectivity index (χ0) is 13.4. The van der Waals surface area contributed by atoms with Crippen LogP contribution in [0.3, 0.4) is 0 Å². The fourth-order valence-corrected chi connectivity index (χ4v) is 2.13. The molecule has 0 bridgehead atoms. The van der Waals surface area contributed by atoms with Crippen molar-refractivity contribution >= 4 is 5.97 Å². The summed E-state index contributed by atoms with van der Waals surface area (Å²) in [7, 11) is 0. The molecule has 0 radical (unpaired) electrons. The zero-order valence-corrected chi connectivity index (χ0v) is 11.6. The van der Waals surface area contributed by atoms with E-state index < -0.39 is 5.97 Å². The second-order valence-electron chi connectivity index (χ2n) is 6.01. The van der Waals surface area contributed by atoms with Gasteiger partial charge >= 0.3 is 5.97 Å². The van der Waals surface area contributed by atoms with E-state index in [4.69, 9.17) is 0 Å². The lowest BCUT2D eigenvalue weighted by Crippen LogP contribution is -2.14. The van der Waals surface area contributed by atoms with Crippen LogP contribution in [0.1, 0.15) is 53.4 Å². The molecule has 0 aromatic heterocycles. The molecule has 0 saturated carbocycles. The molecule has 1 aromatic rings. The Balaban J connectivity index is 3.42. The van der Waals surface area contributed by atoms with Gasteiger partial charge in [0.2, 0.25) is 0 Å². The summed E-state index contributed by atoms with van der Waals surface area (Å²) < 4.78 is 0. The lowest BCUT2D eigenvalue weighted by molar-refractivity contribution is 0.0695. The molecule has 0 amide bonds. The van der Waals surface area contributed by atoms with Crippen LogP contribution in [0.4, 0.5) is 0 Å². The summed E-state index contributed by atoms with van der Waals surface area (Å²) in [6, 6.07) is 1.78. The number of aryl methyl sites for hydroxylation is 1. The van der Waals surface area contributed by atoms with Crippen LogP contribution in [0.15, 0.2) is 6.07 Å². The van der Waals surface area contributed by atoms with E-state index in [2.05, 4.69) is 27.7 Å². The number of carboxylic acid groups (broad SMARTS) is 1. The summed E-state index contributed by atoms with van der Waals surface area (Å²) in [5.41, 5.74) is 4.99. The van der Waals surface area contributed by atoms with E-state index in [0.717, 1.165) is 17.5 Å². The molecular formula is C15H22O2. The molecular weight excluding hydrogens is 212 g/mol. The van der Waals surface area contributed by atoms with Crippen LogP contribution in [0, 0.1) is 26.2 Å². The molecule has 1 rings (SSSR count). The Labute approximate surface area is 104 Å². The molecule has 0 aliphatic rings. The highest BCUT2D eigenvalue weighted by atomic mass is 16.4. The highest BCUT2D eigenvalue weighted by Crippen LogP contribution is 2.29. The molecule has 0 atom stereocenters. The Kier molecular flexibility index (Phi) is 3.65. The van der Waals surface area contributed by atoms with E-state index in [1.165, 1.54) is 11.1 Å². The highest BCUT2D eigenvalue weighted by molar-refractivity contribution is 5.90. The molecule has 0 saturated heterocycles. The number of benzene rings is 1. The molecule has 1 N–H and O–H groups in total. The van der Waals surface area contributed by atoms with Crippen molar-refractivity contribution in [2.45, 2.75) is 48.0 Å². The van der Waals surface area contributed by atoms with Gasteiger partial charge in [-0.15, -0.1) is 0 Å². The molecule has 0 aliphatic heterocycles. The van der Waals surface area contributed by atoms with Crippen molar-refractivity contribution in [3.63, 3.8) is 0 Å². The minimum atomic E-state index is -0.833. The molecule has 2 nitrogen and oxygen atoms in total. The van der Waals surface area contributed by atoms with Crippen LogP contribution in [-0.2, 0) is 6.42 Å². The van der Waals surface area contributed by atoms with Gasteiger partial charge in [-0.25, -0.2) is 4.79 Å². The Morgan fingerprint density at radius 1 is 1.18 bits per heavy atom. The number of hydrogen-bond acceptors (Lipinski definition) is 1. The smallest absolute Gasteiger partial charge is 0.335 e. The molecule has 0 unspecified atom stereocenters. The van der Waals surface area contributed by atoms with Crippen molar-refractivity contribution in [2.75, 3.05) is 0 Å². The largest absolute Gasteiger partial charge is 0.478 e. The van der Waals surface area contributed by atoms with Crippen molar-refractivity contribution in [3.05, 3.63) is 33.9 Å². The summed E-state index contributed by atoms with van der Waals surface area (Å²) in [5.74, 6) is -0.833. The molecule has 0 heterocycles. The standard InChI is InChI=1S/C15H22O2/c1-9-7-12(14(16)17)11(3)13(10(9)2)8-15(4,5)6/h7H,8H2,1-6H3,(H,16,17). The molecule has 0 spiro atoms. The molecule has 2 heteroatoms. The first-order chi connectivity index (χ1) is 7.63. The van der Waals surface area contributed by atoms with E-state index in [9.17, 15) is 9.90 Å². The van der Waals surface area contributed by atoms with Crippen molar-refractivity contribution < 1.29 is 9.90 Å². The van der Waals surface area contributed by atoms with Gasteiger partial charge in [0.15, 0.2) is 0 Å². The lowest BCUT2D eigenvalue weighted by Gasteiger charge is -2.23. The average Bonchev–Trinajstić information content (AvgIpc) is 2.16. The summed E-state index contributed by atoms with van der Waals surface area (Å²) >= 11 is 0. The molecule has 0 fully saturated rings. The third-order valence-corrected chi connectivity index (χ3v) is 3.20. The minimum absolute atomic E-state index is 0.166. The van der Waals surface area contributed by atoms with Gasteiger partial charge in [0.05, 0.1) is 5.56 Å². The topological polar surface area (TPSA) is 37.3 Å². The number of aromatic carboxylic acids is 1. The normalized spacial score (nSPS) is 11.6. The van der Waals surface area contributed by atoms with Crippen molar-refractivity contribution in [2.24, 2.45) is 5.41 Å². The van der Waals surface area contributed by atoms with Crippen molar-refractivity contribution in [1.29, 1.82) is 0 Å². The third kappa shape index (κ3) is 3.09. The van der Waals surface area contributed by atoms with Crippen LogP contribution < -0.4 is 0 Å². The first kappa shape index (κ1) is 13.8. The van der Waals surface area contributed by atoms with Crippen LogP contribution in [0.2, 0.25) is 0 Å². The Bertz CT molecular complexity index is 451. The highest BCUT2D eigenvalue weighted by Gasteiger charge is 2.19. The van der Waals surface area contributed by atoms with Gasteiger partial charge in [-0.05, 0) is 60.9 Å². The second-order valence-corrected chi connectivity index (χ2v) is 6.01. The fraction of sp³-hybridized carbons (Fsp3) is 0.533. The van der Waals surface area contributed by atoms with E-state index in [1.807, 2.05) is 13.8 Å². The number of rotatable bonds is 2. The van der Waals surface area contributed by atoms with Gasteiger partial charge in [0.1, 0.15) is 0 Å². The molecule has 94 valence electrons. The van der Waals surface area contributed by atoms with Gasteiger partial charge in [-0.1, -0.05) is 20.8 Å². The molecule has 1 aromatic carbocycles. The summed E-state index contributed by atoms with van der Waals surface area (Å²) in [6.07, 6.45) is 0.909. The van der Waals surface area contributed by atoms with E-state index in [0.29, 0.717) is 5.56 Å². The maximum absolute atomic E-state index is 11.2. The SMILES string of the molecule is Cc1cc(C(=O)O)c(C)c(CC(C)(C)C)c1C. The predicted molar refractivity (Wildman–Crippen MR) is 70.8 cm³/mol. The second kappa shape index (κ2) is 4.52. The maximum Gasteiger partial charge on any atom is 0.335 e. The van der Waals surface area contributed by atoms with Crippen LogP contribution in [-0.4, -0.2) is 11.1 Å². The first-order valence-corrected chi connectivity index (χ1v) is 5.96. The third-order valence-electron chi connectivity index (χ3n) is 3.20. The summed E-state index contributed by atoms with van der Waals surface area (Å²) in [6.45, 7) is 12.5. The Morgan fingerprint density at radius 3 is 2.12 bits per heavy atom.